The summed E-state index contributed by atoms with van der Waals surface area (Å²) in [5.74, 6) is 0.163. The molecule has 4 nitrogen and oxygen atoms in total. The van der Waals surface area contributed by atoms with Crippen LogP contribution < -0.4 is 10.5 Å². The minimum atomic E-state index is -0.951. The average molecular weight is 232 g/mol. The Morgan fingerprint density at radius 2 is 2.07 bits per heavy atom. The monoisotopic (exact) mass is 231 g/mol. The Morgan fingerprint density at radius 3 is 2.53 bits per heavy atom. The SMILES string of the molecule is COc1ccc(C(O)C(C)N)c(O)c1Cl. The van der Waals surface area contributed by atoms with Crippen LogP contribution in [0.25, 0.3) is 0 Å². The normalized spacial score (nSPS) is 14.7. The van der Waals surface area contributed by atoms with Gasteiger partial charge in [0.15, 0.2) is 0 Å². The Kier molecular flexibility index (Phi) is 3.79. The van der Waals surface area contributed by atoms with Crippen LogP contribution in [-0.2, 0) is 0 Å². The smallest absolute Gasteiger partial charge is 0.143 e. The number of ether oxygens (including phenoxy) is 1. The fraction of sp³-hybridized carbons (Fsp3) is 0.400. The van der Waals surface area contributed by atoms with E-state index in [9.17, 15) is 10.2 Å². The van der Waals surface area contributed by atoms with Crippen molar-refractivity contribution in [2.24, 2.45) is 5.73 Å². The Balaban J connectivity index is 3.17. The number of halogens is 1. The molecule has 15 heavy (non-hydrogen) atoms. The van der Waals surface area contributed by atoms with Crippen LogP contribution >= 0.6 is 11.6 Å². The molecule has 0 spiro atoms. The van der Waals surface area contributed by atoms with E-state index in [-0.39, 0.29) is 10.8 Å². The first-order chi connectivity index (χ1) is 6.99. The average Bonchev–Trinajstić information content (AvgIpc) is 2.21. The summed E-state index contributed by atoms with van der Waals surface area (Å²) >= 11 is 5.82. The van der Waals surface area contributed by atoms with E-state index in [2.05, 4.69) is 0 Å². The van der Waals surface area contributed by atoms with Crippen molar-refractivity contribution in [1.29, 1.82) is 0 Å². The first-order valence-corrected chi connectivity index (χ1v) is 4.85. The predicted molar refractivity (Wildman–Crippen MR) is 58.3 cm³/mol. The zero-order valence-corrected chi connectivity index (χ0v) is 9.32. The summed E-state index contributed by atoms with van der Waals surface area (Å²) in [7, 11) is 1.45. The van der Waals surface area contributed by atoms with E-state index in [1.807, 2.05) is 0 Å². The van der Waals surface area contributed by atoms with Gasteiger partial charge in [0, 0.05) is 11.6 Å². The minimum absolute atomic E-state index is 0.0784. The molecule has 0 aliphatic carbocycles. The van der Waals surface area contributed by atoms with Crippen LogP contribution in [0.3, 0.4) is 0 Å². The van der Waals surface area contributed by atoms with Gasteiger partial charge in [-0.15, -0.1) is 0 Å². The van der Waals surface area contributed by atoms with Crippen LogP contribution in [0.1, 0.15) is 18.6 Å². The van der Waals surface area contributed by atoms with Gasteiger partial charge in [-0.25, -0.2) is 0 Å². The van der Waals surface area contributed by atoms with Gasteiger partial charge in [0.25, 0.3) is 0 Å². The van der Waals surface area contributed by atoms with Crippen molar-refractivity contribution >= 4 is 11.6 Å². The summed E-state index contributed by atoms with van der Waals surface area (Å²) in [5, 5.41) is 19.5. The summed E-state index contributed by atoms with van der Waals surface area (Å²) in [6.07, 6.45) is -0.951. The van der Waals surface area contributed by atoms with Crippen molar-refractivity contribution < 1.29 is 14.9 Å². The molecule has 0 fully saturated rings. The maximum Gasteiger partial charge on any atom is 0.143 e. The Labute approximate surface area is 93.2 Å². The Hall–Kier alpha value is -0.970. The predicted octanol–water partition coefficient (Wildman–Crippen LogP) is 1.43. The van der Waals surface area contributed by atoms with Crippen molar-refractivity contribution in [3.63, 3.8) is 0 Å². The van der Waals surface area contributed by atoms with Crippen molar-refractivity contribution in [2.45, 2.75) is 19.1 Å². The number of aliphatic hydroxyl groups is 1. The molecule has 4 N–H and O–H groups in total. The standard InChI is InChI=1S/C10H14ClNO3/c1-5(12)9(13)6-3-4-7(15-2)8(11)10(6)14/h3-5,9,13-14H,12H2,1-2H3. The summed E-state index contributed by atoms with van der Waals surface area (Å²) in [6, 6.07) is 2.62. The third-order valence-corrected chi connectivity index (χ3v) is 2.51. The summed E-state index contributed by atoms with van der Waals surface area (Å²) < 4.78 is 4.92. The van der Waals surface area contributed by atoms with Gasteiger partial charge in [-0.3, -0.25) is 0 Å². The third kappa shape index (κ3) is 2.34. The second kappa shape index (κ2) is 4.70. The molecule has 0 heterocycles. The number of rotatable bonds is 3. The van der Waals surface area contributed by atoms with Gasteiger partial charge >= 0.3 is 0 Å². The van der Waals surface area contributed by atoms with Gasteiger partial charge in [0.05, 0.1) is 13.2 Å². The second-order valence-electron chi connectivity index (χ2n) is 3.32. The lowest BCUT2D eigenvalue weighted by atomic mass is 10.0. The Morgan fingerprint density at radius 1 is 1.47 bits per heavy atom. The molecule has 1 rings (SSSR count). The fourth-order valence-corrected chi connectivity index (χ4v) is 1.49. The van der Waals surface area contributed by atoms with E-state index in [4.69, 9.17) is 22.1 Å². The van der Waals surface area contributed by atoms with Gasteiger partial charge in [0.1, 0.15) is 16.5 Å². The van der Waals surface area contributed by atoms with E-state index in [1.165, 1.54) is 13.2 Å². The summed E-state index contributed by atoms with van der Waals surface area (Å²) in [6.45, 7) is 1.64. The van der Waals surface area contributed by atoms with Gasteiger partial charge in [0.2, 0.25) is 0 Å². The third-order valence-electron chi connectivity index (χ3n) is 2.15. The van der Waals surface area contributed by atoms with Crippen LogP contribution in [0.15, 0.2) is 12.1 Å². The first-order valence-electron chi connectivity index (χ1n) is 4.48. The van der Waals surface area contributed by atoms with Crippen molar-refractivity contribution in [3.05, 3.63) is 22.7 Å². The lowest BCUT2D eigenvalue weighted by Crippen LogP contribution is -2.24. The molecule has 0 bridgehead atoms. The van der Waals surface area contributed by atoms with Crippen LogP contribution in [0.2, 0.25) is 5.02 Å². The van der Waals surface area contributed by atoms with E-state index in [0.717, 1.165) is 0 Å². The summed E-state index contributed by atoms with van der Waals surface area (Å²) in [4.78, 5) is 0. The molecular weight excluding hydrogens is 218 g/mol. The van der Waals surface area contributed by atoms with Crippen LogP contribution in [0.4, 0.5) is 0 Å². The number of phenolic OH excluding ortho intramolecular Hbond substituents is 1. The van der Waals surface area contributed by atoms with Crippen molar-refractivity contribution in [2.75, 3.05) is 7.11 Å². The molecule has 0 aliphatic heterocycles. The number of hydrogen-bond acceptors (Lipinski definition) is 4. The molecule has 0 radical (unpaired) electrons. The van der Waals surface area contributed by atoms with E-state index in [0.29, 0.717) is 11.3 Å². The highest BCUT2D eigenvalue weighted by Gasteiger charge is 2.20. The minimum Gasteiger partial charge on any atom is -0.506 e. The van der Waals surface area contributed by atoms with Crippen molar-refractivity contribution in [1.82, 2.24) is 0 Å². The van der Waals surface area contributed by atoms with E-state index < -0.39 is 12.1 Å². The number of aromatic hydroxyl groups is 1. The largest absolute Gasteiger partial charge is 0.506 e. The van der Waals surface area contributed by atoms with Crippen molar-refractivity contribution in [3.8, 4) is 11.5 Å². The van der Waals surface area contributed by atoms with E-state index >= 15 is 0 Å². The summed E-state index contributed by atoms with van der Waals surface area (Å²) in [5.41, 5.74) is 5.82. The molecule has 0 aromatic heterocycles. The number of phenols is 1. The zero-order valence-electron chi connectivity index (χ0n) is 8.57. The number of aliphatic hydroxyl groups excluding tert-OH is 1. The highest BCUT2D eigenvalue weighted by atomic mass is 35.5. The van der Waals surface area contributed by atoms with Crippen LogP contribution in [-0.4, -0.2) is 23.4 Å². The van der Waals surface area contributed by atoms with E-state index in [1.54, 1.807) is 13.0 Å². The maximum atomic E-state index is 9.70. The molecule has 5 heteroatoms. The molecule has 0 amide bonds. The lowest BCUT2D eigenvalue weighted by Gasteiger charge is -2.17. The van der Waals surface area contributed by atoms with Gasteiger partial charge in [-0.05, 0) is 19.1 Å². The molecule has 0 aliphatic rings. The van der Waals surface area contributed by atoms with Crippen LogP contribution in [0.5, 0.6) is 11.5 Å². The van der Waals surface area contributed by atoms with Crippen LogP contribution in [0, 0.1) is 0 Å². The molecule has 2 atom stereocenters. The quantitative estimate of drug-likeness (QED) is 0.736. The van der Waals surface area contributed by atoms with Gasteiger partial charge < -0.3 is 20.7 Å². The number of methoxy groups -OCH3 is 1. The molecule has 2 unspecified atom stereocenters. The first kappa shape index (κ1) is 12.1. The fourth-order valence-electron chi connectivity index (χ4n) is 1.24. The maximum absolute atomic E-state index is 9.70. The number of hydrogen-bond donors (Lipinski definition) is 3. The zero-order chi connectivity index (χ0) is 11.6. The molecular formula is C10H14ClNO3. The second-order valence-corrected chi connectivity index (χ2v) is 3.70. The highest BCUT2D eigenvalue weighted by molar-refractivity contribution is 6.33. The lowest BCUT2D eigenvalue weighted by molar-refractivity contribution is 0.150. The van der Waals surface area contributed by atoms with Gasteiger partial charge in [-0.1, -0.05) is 11.6 Å². The molecule has 0 saturated heterocycles. The van der Waals surface area contributed by atoms with Gasteiger partial charge in [-0.2, -0.15) is 0 Å². The number of nitrogens with two attached hydrogens (primary N) is 1. The molecule has 84 valence electrons. The number of benzene rings is 1. The highest BCUT2D eigenvalue weighted by Crippen LogP contribution is 2.38. The Bertz CT molecular complexity index is 355. The molecule has 1 aromatic rings. The molecule has 1 aromatic carbocycles. The topological polar surface area (TPSA) is 75.7 Å². The molecule has 0 saturated carbocycles.